The molecule has 4 nitrogen and oxygen atoms in total. The van der Waals surface area contributed by atoms with Gasteiger partial charge in [-0.25, -0.2) is 0 Å². The molecule has 0 aliphatic carbocycles. The van der Waals surface area contributed by atoms with Crippen LogP contribution in [0.4, 0.5) is 0 Å². The number of nitrogens with zero attached hydrogens (tertiary/aromatic N) is 2. The number of amides is 1. The lowest BCUT2D eigenvalue weighted by Crippen LogP contribution is -2.17. The second kappa shape index (κ2) is 6.74. The molecule has 118 valence electrons. The van der Waals surface area contributed by atoms with Crippen LogP contribution in [0, 0.1) is 0 Å². The van der Waals surface area contributed by atoms with E-state index < -0.39 is 0 Å². The highest BCUT2D eigenvalue weighted by molar-refractivity contribution is 7.16. The standard InChI is InChI=1S/C16H12Cl2N2O2S/c1-20-15-12(18)7-10(17)8-13(15)23-16(20)19-14(21)9-22-11-5-3-2-4-6-11/h2-8H,9H2,1H3. The Kier molecular flexibility index (Phi) is 4.71. The van der Waals surface area contributed by atoms with Crippen molar-refractivity contribution in [3.63, 3.8) is 0 Å². The number of rotatable bonds is 3. The maximum absolute atomic E-state index is 12.0. The maximum Gasteiger partial charge on any atom is 0.286 e. The second-order valence-corrected chi connectivity index (χ2v) is 6.64. The third-order valence-electron chi connectivity index (χ3n) is 3.14. The van der Waals surface area contributed by atoms with Gasteiger partial charge in [-0.2, -0.15) is 4.99 Å². The molecule has 23 heavy (non-hydrogen) atoms. The normalized spacial score (nSPS) is 11.9. The Hall–Kier alpha value is -1.82. The lowest BCUT2D eigenvalue weighted by molar-refractivity contribution is -0.120. The number of carbonyl (C=O) groups excluding carboxylic acids is 1. The summed E-state index contributed by atoms with van der Waals surface area (Å²) in [5.74, 6) is 0.268. The second-order valence-electron chi connectivity index (χ2n) is 4.79. The first-order valence-electron chi connectivity index (χ1n) is 6.74. The molecule has 0 radical (unpaired) electrons. The Balaban J connectivity index is 1.87. The number of aryl methyl sites for hydroxylation is 1. The number of aromatic nitrogens is 1. The van der Waals surface area contributed by atoms with Crippen LogP contribution in [0.1, 0.15) is 0 Å². The molecule has 0 unspecified atom stereocenters. The number of hydrogen-bond donors (Lipinski definition) is 0. The van der Waals surface area contributed by atoms with E-state index in [2.05, 4.69) is 4.99 Å². The van der Waals surface area contributed by atoms with Crippen LogP contribution >= 0.6 is 34.5 Å². The zero-order chi connectivity index (χ0) is 16.4. The van der Waals surface area contributed by atoms with Crippen molar-refractivity contribution in [3.8, 4) is 5.75 Å². The lowest BCUT2D eigenvalue weighted by atomic mass is 10.3. The minimum absolute atomic E-state index is 0.118. The molecule has 7 heteroatoms. The smallest absolute Gasteiger partial charge is 0.286 e. The summed E-state index contributed by atoms with van der Waals surface area (Å²) in [4.78, 5) is 16.7. The summed E-state index contributed by atoms with van der Waals surface area (Å²) in [5, 5.41) is 1.08. The molecule has 0 saturated carbocycles. The Bertz CT molecular complexity index is 932. The van der Waals surface area contributed by atoms with Gasteiger partial charge in [-0.1, -0.05) is 52.7 Å². The van der Waals surface area contributed by atoms with E-state index in [1.165, 1.54) is 11.3 Å². The van der Waals surface area contributed by atoms with E-state index in [1.807, 2.05) is 25.2 Å². The zero-order valence-corrected chi connectivity index (χ0v) is 14.5. The van der Waals surface area contributed by atoms with E-state index in [0.29, 0.717) is 20.6 Å². The molecule has 0 bridgehead atoms. The first-order valence-corrected chi connectivity index (χ1v) is 8.32. The molecule has 3 aromatic rings. The van der Waals surface area contributed by atoms with Gasteiger partial charge in [-0.05, 0) is 24.3 Å². The van der Waals surface area contributed by atoms with Crippen molar-refractivity contribution in [2.45, 2.75) is 0 Å². The highest BCUT2D eigenvalue weighted by Gasteiger charge is 2.10. The molecule has 1 heterocycles. The Morgan fingerprint density at radius 3 is 2.74 bits per heavy atom. The fraction of sp³-hybridized carbons (Fsp3) is 0.125. The van der Waals surface area contributed by atoms with Crippen LogP contribution in [0.3, 0.4) is 0 Å². The summed E-state index contributed by atoms with van der Waals surface area (Å²) in [6.45, 7) is -0.118. The van der Waals surface area contributed by atoms with E-state index in [0.717, 1.165) is 10.2 Å². The molecule has 3 rings (SSSR count). The molecule has 0 fully saturated rings. The molecule has 1 amide bonds. The van der Waals surface area contributed by atoms with Gasteiger partial charge in [0.15, 0.2) is 11.4 Å². The quantitative estimate of drug-likeness (QED) is 0.701. The molecular weight excluding hydrogens is 355 g/mol. The number of ether oxygens (including phenoxy) is 1. The summed E-state index contributed by atoms with van der Waals surface area (Å²) >= 11 is 13.6. The molecular formula is C16H12Cl2N2O2S. The fourth-order valence-electron chi connectivity index (χ4n) is 2.11. The number of fused-ring (bicyclic) bond motifs is 1. The van der Waals surface area contributed by atoms with E-state index in [1.54, 1.807) is 28.8 Å². The van der Waals surface area contributed by atoms with Crippen molar-refractivity contribution >= 4 is 50.7 Å². The van der Waals surface area contributed by atoms with Crippen LogP contribution in [0.2, 0.25) is 10.0 Å². The molecule has 2 aromatic carbocycles. The third-order valence-corrected chi connectivity index (χ3v) is 4.73. The number of halogens is 2. The summed E-state index contributed by atoms with van der Waals surface area (Å²) < 4.78 is 8.05. The van der Waals surface area contributed by atoms with Gasteiger partial charge in [-0.3, -0.25) is 4.79 Å². The van der Waals surface area contributed by atoms with Crippen LogP contribution in [-0.4, -0.2) is 17.1 Å². The van der Waals surface area contributed by atoms with Crippen LogP contribution in [-0.2, 0) is 11.8 Å². The highest BCUT2D eigenvalue weighted by atomic mass is 35.5. The zero-order valence-electron chi connectivity index (χ0n) is 12.1. The first kappa shape index (κ1) is 16.1. The van der Waals surface area contributed by atoms with Gasteiger partial charge in [0, 0.05) is 12.1 Å². The molecule has 0 saturated heterocycles. The summed E-state index contributed by atoms with van der Waals surface area (Å²) in [6.07, 6.45) is 0. The molecule has 0 atom stereocenters. The Morgan fingerprint density at radius 2 is 2.00 bits per heavy atom. The summed E-state index contributed by atoms with van der Waals surface area (Å²) in [7, 11) is 1.81. The number of carbonyl (C=O) groups is 1. The van der Waals surface area contributed by atoms with Gasteiger partial charge in [0.05, 0.1) is 15.2 Å². The van der Waals surface area contributed by atoms with Crippen LogP contribution in [0.5, 0.6) is 5.75 Å². The SMILES string of the molecule is Cn1c(=NC(=O)COc2ccccc2)sc2cc(Cl)cc(Cl)c21. The number of hydrogen-bond acceptors (Lipinski definition) is 3. The van der Waals surface area contributed by atoms with Crippen LogP contribution < -0.4 is 9.54 Å². The van der Waals surface area contributed by atoms with Gasteiger partial charge >= 0.3 is 0 Å². The summed E-state index contributed by atoms with van der Waals surface area (Å²) in [5.41, 5.74) is 0.802. The number of para-hydroxylation sites is 1. The van der Waals surface area contributed by atoms with Gasteiger partial charge in [-0.15, -0.1) is 0 Å². The fourth-order valence-corrected chi connectivity index (χ4v) is 3.95. The lowest BCUT2D eigenvalue weighted by Gasteiger charge is -2.02. The molecule has 0 aliphatic rings. The molecule has 1 aromatic heterocycles. The Labute approximate surface area is 146 Å². The minimum atomic E-state index is -0.363. The maximum atomic E-state index is 12.0. The highest BCUT2D eigenvalue weighted by Crippen LogP contribution is 2.29. The number of thiazole rings is 1. The molecule has 0 spiro atoms. The van der Waals surface area contributed by atoms with Crippen molar-refractivity contribution < 1.29 is 9.53 Å². The average Bonchev–Trinajstić information content (AvgIpc) is 2.82. The van der Waals surface area contributed by atoms with Crippen molar-refractivity contribution in [3.05, 3.63) is 57.3 Å². The molecule has 0 N–H and O–H groups in total. The largest absolute Gasteiger partial charge is 0.484 e. The van der Waals surface area contributed by atoms with Crippen molar-refractivity contribution in [1.82, 2.24) is 4.57 Å². The average molecular weight is 367 g/mol. The van der Waals surface area contributed by atoms with Gasteiger partial charge in [0.1, 0.15) is 5.75 Å². The Morgan fingerprint density at radius 1 is 1.26 bits per heavy atom. The topological polar surface area (TPSA) is 43.6 Å². The van der Waals surface area contributed by atoms with Crippen molar-refractivity contribution in [1.29, 1.82) is 0 Å². The van der Waals surface area contributed by atoms with Gasteiger partial charge in [0.25, 0.3) is 5.91 Å². The van der Waals surface area contributed by atoms with E-state index in [-0.39, 0.29) is 12.5 Å². The van der Waals surface area contributed by atoms with E-state index in [9.17, 15) is 4.79 Å². The van der Waals surface area contributed by atoms with E-state index in [4.69, 9.17) is 27.9 Å². The molecule has 0 aliphatic heterocycles. The monoisotopic (exact) mass is 366 g/mol. The van der Waals surface area contributed by atoms with Crippen molar-refractivity contribution in [2.24, 2.45) is 12.0 Å². The summed E-state index contributed by atoms with van der Waals surface area (Å²) in [6, 6.07) is 12.6. The predicted octanol–water partition coefficient (Wildman–Crippen LogP) is 4.05. The number of benzene rings is 2. The van der Waals surface area contributed by atoms with Crippen molar-refractivity contribution in [2.75, 3.05) is 6.61 Å². The van der Waals surface area contributed by atoms with Gasteiger partial charge < -0.3 is 9.30 Å². The van der Waals surface area contributed by atoms with Crippen LogP contribution in [0.15, 0.2) is 47.5 Å². The first-order chi connectivity index (χ1) is 11.0. The predicted molar refractivity (Wildman–Crippen MR) is 93.3 cm³/mol. The van der Waals surface area contributed by atoms with Gasteiger partial charge in [0.2, 0.25) is 0 Å². The third kappa shape index (κ3) is 3.58. The van der Waals surface area contributed by atoms with Crippen LogP contribution in [0.25, 0.3) is 10.2 Å². The van der Waals surface area contributed by atoms with E-state index >= 15 is 0 Å². The minimum Gasteiger partial charge on any atom is -0.484 e.